The maximum Gasteiger partial charge on any atom is 0.224 e. The third-order valence-electron chi connectivity index (χ3n) is 9.55. The lowest BCUT2D eigenvalue weighted by atomic mass is 9.42. The van der Waals surface area contributed by atoms with Crippen molar-refractivity contribution in [3.8, 4) is 0 Å². The lowest BCUT2D eigenvalue weighted by molar-refractivity contribution is -0.436. The molecular weight excluding hydrogens is 332 g/mol. The summed E-state index contributed by atoms with van der Waals surface area (Å²) in [5, 5.41) is 42.6. The molecule has 0 aromatic rings. The number of carbonyl (C=O) groups is 1. The molecule has 0 bridgehead atoms. The summed E-state index contributed by atoms with van der Waals surface area (Å²) in [6, 6.07) is 0. The Bertz CT molecular complexity index is 614. The number of Topliss-reactive ketones (excluding diaryl/α,β-unsaturated/α-hetero) is 1. The third kappa shape index (κ3) is 2.09. The van der Waals surface area contributed by atoms with Crippen molar-refractivity contribution in [2.45, 2.75) is 83.7 Å². The smallest absolute Gasteiger partial charge is 0.224 e. The van der Waals surface area contributed by atoms with Gasteiger partial charge in [0, 0.05) is 17.8 Å². The fourth-order valence-corrected chi connectivity index (χ4v) is 8.07. The molecule has 0 aliphatic heterocycles. The van der Waals surface area contributed by atoms with Crippen LogP contribution in [-0.4, -0.2) is 37.8 Å². The topological polar surface area (TPSA) is 98.0 Å². The van der Waals surface area contributed by atoms with Crippen molar-refractivity contribution < 1.29 is 25.2 Å². The van der Waals surface area contributed by atoms with E-state index in [0.717, 1.165) is 38.5 Å². The van der Waals surface area contributed by atoms with Gasteiger partial charge >= 0.3 is 0 Å². The first-order valence-corrected chi connectivity index (χ1v) is 10.4. The second kappa shape index (κ2) is 5.53. The Balaban J connectivity index is 1.72. The molecule has 0 amide bonds. The fourth-order valence-electron chi connectivity index (χ4n) is 8.07. The predicted molar refractivity (Wildman–Crippen MR) is 95.6 cm³/mol. The number of hydrogen-bond donors (Lipinski definition) is 4. The summed E-state index contributed by atoms with van der Waals surface area (Å²) in [4.78, 5) is 12.2. The number of fused-ring (bicyclic) bond motifs is 5. The van der Waals surface area contributed by atoms with Crippen molar-refractivity contribution in [1.29, 1.82) is 0 Å². The summed E-state index contributed by atoms with van der Waals surface area (Å²) >= 11 is 0. The van der Waals surface area contributed by atoms with Gasteiger partial charge in [-0.05, 0) is 81.0 Å². The molecule has 0 aromatic carbocycles. The van der Waals surface area contributed by atoms with Crippen LogP contribution in [0.25, 0.3) is 0 Å². The minimum atomic E-state index is -2.50. The quantitative estimate of drug-likeness (QED) is 0.534. The Morgan fingerprint density at radius 2 is 1.54 bits per heavy atom. The highest BCUT2D eigenvalue weighted by molar-refractivity contribution is 5.79. The highest BCUT2D eigenvalue weighted by Gasteiger charge is 2.71. The molecule has 4 saturated carbocycles. The van der Waals surface area contributed by atoms with Crippen LogP contribution in [0.5, 0.6) is 0 Å². The predicted octanol–water partition coefficient (Wildman–Crippen LogP) is 2.21. The largest absolute Gasteiger partial charge is 0.361 e. The van der Waals surface area contributed by atoms with E-state index in [0.29, 0.717) is 18.3 Å². The van der Waals surface area contributed by atoms with Crippen LogP contribution in [0.1, 0.15) is 72.1 Å². The molecule has 0 heterocycles. The first-order valence-electron chi connectivity index (χ1n) is 10.4. The van der Waals surface area contributed by atoms with Gasteiger partial charge in [0.25, 0.3) is 0 Å². The van der Waals surface area contributed by atoms with Gasteiger partial charge < -0.3 is 20.4 Å². The monoisotopic (exact) mass is 366 g/mol. The Hall–Kier alpha value is -0.490. The van der Waals surface area contributed by atoms with Crippen LogP contribution in [0.3, 0.4) is 0 Å². The fraction of sp³-hybridized carbons (Fsp3) is 0.952. The molecule has 0 radical (unpaired) electrons. The zero-order valence-electron chi connectivity index (χ0n) is 16.2. The number of aliphatic hydroxyl groups is 4. The van der Waals surface area contributed by atoms with Gasteiger partial charge in [-0.1, -0.05) is 13.8 Å². The summed E-state index contributed by atoms with van der Waals surface area (Å²) in [6.07, 6.45) is 6.27. The molecule has 0 spiro atoms. The zero-order valence-corrected chi connectivity index (χ0v) is 16.2. The van der Waals surface area contributed by atoms with Gasteiger partial charge in [-0.2, -0.15) is 0 Å². The lowest BCUT2D eigenvalue weighted by Gasteiger charge is -2.65. The summed E-state index contributed by atoms with van der Waals surface area (Å²) in [6.45, 7) is 5.84. The van der Waals surface area contributed by atoms with Crippen LogP contribution in [0.2, 0.25) is 0 Å². The molecule has 4 aliphatic rings. The van der Waals surface area contributed by atoms with Crippen molar-refractivity contribution in [3.05, 3.63) is 0 Å². The highest BCUT2D eigenvalue weighted by atomic mass is 16.6. The second-order valence-corrected chi connectivity index (χ2v) is 10.2. The molecule has 4 fully saturated rings. The second-order valence-electron chi connectivity index (χ2n) is 10.2. The molecule has 26 heavy (non-hydrogen) atoms. The average molecular weight is 366 g/mol. The van der Waals surface area contributed by atoms with Crippen molar-refractivity contribution in [1.82, 2.24) is 0 Å². The molecule has 0 saturated heterocycles. The van der Waals surface area contributed by atoms with Crippen LogP contribution in [0.15, 0.2) is 0 Å². The Morgan fingerprint density at radius 3 is 2.19 bits per heavy atom. The van der Waals surface area contributed by atoms with E-state index < -0.39 is 17.0 Å². The van der Waals surface area contributed by atoms with Crippen molar-refractivity contribution in [2.75, 3.05) is 0 Å². The van der Waals surface area contributed by atoms with E-state index >= 15 is 0 Å². The van der Waals surface area contributed by atoms with E-state index in [9.17, 15) is 25.2 Å². The van der Waals surface area contributed by atoms with Gasteiger partial charge in [0.15, 0.2) is 0 Å². The molecular formula is C21H34O5. The number of carbonyl (C=O) groups excluding carboxylic acids is 1. The van der Waals surface area contributed by atoms with Gasteiger partial charge in [-0.15, -0.1) is 0 Å². The molecule has 4 N–H and O–H groups in total. The van der Waals surface area contributed by atoms with E-state index in [2.05, 4.69) is 6.92 Å². The molecule has 7 atom stereocenters. The highest BCUT2D eigenvalue weighted by Crippen LogP contribution is 2.69. The molecule has 148 valence electrons. The SMILES string of the molecule is CC(=O)[C@H]1CC[C@H]2[C@@H]3CC[C@@H]4CCC(O)(O)C(O)(O)[C@]4(C)[C@H]3CC[C@]12C. The zero-order chi connectivity index (χ0) is 19.1. The van der Waals surface area contributed by atoms with Crippen LogP contribution in [0, 0.1) is 40.4 Å². The van der Waals surface area contributed by atoms with Crippen molar-refractivity contribution in [2.24, 2.45) is 40.4 Å². The minimum absolute atomic E-state index is 0.00516. The number of ketones is 1. The van der Waals surface area contributed by atoms with E-state index in [1.807, 2.05) is 6.92 Å². The molecule has 5 nitrogen and oxygen atoms in total. The Labute approximate surface area is 155 Å². The van der Waals surface area contributed by atoms with E-state index in [4.69, 9.17) is 0 Å². The normalized spacial score (nSPS) is 51.9. The van der Waals surface area contributed by atoms with Gasteiger partial charge in [-0.3, -0.25) is 4.79 Å². The summed E-state index contributed by atoms with van der Waals surface area (Å²) in [7, 11) is 0. The molecule has 5 heteroatoms. The number of hydrogen-bond acceptors (Lipinski definition) is 5. The molecule has 4 aliphatic carbocycles. The van der Waals surface area contributed by atoms with Crippen LogP contribution in [-0.2, 0) is 4.79 Å². The molecule has 0 aromatic heterocycles. The molecule has 4 rings (SSSR count). The third-order valence-corrected chi connectivity index (χ3v) is 9.55. The van der Waals surface area contributed by atoms with Gasteiger partial charge in [-0.25, -0.2) is 0 Å². The summed E-state index contributed by atoms with van der Waals surface area (Å²) < 4.78 is 0. The van der Waals surface area contributed by atoms with Gasteiger partial charge in [0.2, 0.25) is 11.6 Å². The summed E-state index contributed by atoms with van der Waals surface area (Å²) in [5.41, 5.74) is -0.915. The average Bonchev–Trinajstić information content (AvgIpc) is 2.90. The van der Waals surface area contributed by atoms with Crippen molar-refractivity contribution >= 4 is 5.78 Å². The van der Waals surface area contributed by atoms with E-state index in [-0.39, 0.29) is 35.4 Å². The van der Waals surface area contributed by atoms with Gasteiger partial charge in [0.1, 0.15) is 5.78 Å². The van der Waals surface area contributed by atoms with E-state index in [1.54, 1.807) is 6.92 Å². The molecule has 0 unspecified atom stereocenters. The van der Waals surface area contributed by atoms with Gasteiger partial charge in [0.05, 0.1) is 0 Å². The first kappa shape index (κ1) is 18.9. The van der Waals surface area contributed by atoms with Crippen LogP contribution < -0.4 is 0 Å². The standard InChI is InChI=1S/C21H34O5/c1-12(22)15-6-7-16-14-5-4-13-8-11-20(23,24)21(25,26)19(13,3)17(14)9-10-18(15,16)2/h13-17,23-26H,4-11H2,1-3H3/t13-,14+,15-,16+,17+,18-,19+/m1/s1. The van der Waals surface area contributed by atoms with Crippen LogP contribution in [0.4, 0.5) is 0 Å². The number of rotatable bonds is 1. The Morgan fingerprint density at radius 1 is 0.846 bits per heavy atom. The maximum absolute atomic E-state index is 12.2. The Kier molecular flexibility index (Phi) is 4.01. The summed E-state index contributed by atoms with van der Waals surface area (Å²) in [5.74, 6) is -3.66. The maximum atomic E-state index is 12.2. The minimum Gasteiger partial charge on any atom is -0.361 e. The lowest BCUT2D eigenvalue weighted by Crippen LogP contribution is -2.73. The van der Waals surface area contributed by atoms with E-state index in [1.165, 1.54) is 0 Å². The van der Waals surface area contributed by atoms with Crippen molar-refractivity contribution in [3.63, 3.8) is 0 Å². The first-order chi connectivity index (χ1) is 12.0. The van der Waals surface area contributed by atoms with Crippen LogP contribution >= 0.6 is 0 Å².